The highest BCUT2D eigenvalue weighted by Crippen LogP contribution is 2.15. The molecular weight excluding hydrogens is 230 g/mol. The lowest BCUT2D eigenvalue weighted by Gasteiger charge is -2.24. The Morgan fingerprint density at radius 3 is 2.78 bits per heavy atom. The predicted octanol–water partition coefficient (Wildman–Crippen LogP) is 1.59. The second-order valence-electron chi connectivity index (χ2n) is 5.49. The molecule has 0 aromatic heterocycles. The van der Waals surface area contributed by atoms with E-state index in [9.17, 15) is 0 Å². The molecule has 2 heterocycles. The molecule has 0 radical (unpaired) electrons. The van der Waals surface area contributed by atoms with Crippen molar-refractivity contribution in [2.75, 3.05) is 39.5 Å². The van der Waals surface area contributed by atoms with Gasteiger partial charge in [-0.15, -0.1) is 0 Å². The molecule has 4 nitrogen and oxygen atoms in total. The maximum atomic E-state index is 5.89. The van der Waals surface area contributed by atoms with Crippen LogP contribution in [-0.2, 0) is 14.2 Å². The Kier molecular flexibility index (Phi) is 6.41. The molecule has 0 aromatic rings. The molecule has 0 saturated carbocycles. The van der Waals surface area contributed by atoms with Crippen LogP contribution in [0.15, 0.2) is 0 Å². The average Bonchev–Trinajstić information content (AvgIpc) is 2.91. The second-order valence-corrected chi connectivity index (χ2v) is 5.49. The standard InChI is InChI=1S/C14H27NO3/c1-12(9-15-10-14-3-2-6-17-14)18-11-13-4-7-16-8-5-13/h12-15H,2-11H2,1H3. The quantitative estimate of drug-likeness (QED) is 0.752. The van der Waals surface area contributed by atoms with Gasteiger partial charge < -0.3 is 19.5 Å². The first kappa shape index (κ1) is 14.3. The molecule has 0 aromatic carbocycles. The van der Waals surface area contributed by atoms with E-state index < -0.39 is 0 Å². The van der Waals surface area contributed by atoms with Crippen molar-refractivity contribution >= 4 is 0 Å². The summed E-state index contributed by atoms with van der Waals surface area (Å²) in [4.78, 5) is 0. The Labute approximate surface area is 110 Å². The van der Waals surface area contributed by atoms with Crippen molar-refractivity contribution in [2.45, 2.75) is 44.8 Å². The summed E-state index contributed by atoms with van der Waals surface area (Å²) in [6.45, 7) is 7.64. The van der Waals surface area contributed by atoms with Crippen molar-refractivity contribution in [3.63, 3.8) is 0 Å². The predicted molar refractivity (Wildman–Crippen MR) is 70.8 cm³/mol. The van der Waals surface area contributed by atoms with Crippen LogP contribution in [0, 0.1) is 5.92 Å². The van der Waals surface area contributed by atoms with Gasteiger partial charge in [0.05, 0.1) is 12.2 Å². The van der Waals surface area contributed by atoms with Gasteiger partial charge in [-0.3, -0.25) is 0 Å². The summed E-state index contributed by atoms with van der Waals surface area (Å²) >= 11 is 0. The third-order valence-corrected chi connectivity index (χ3v) is 3.79. The molecule has 1 N–H and O–H groups in total. The molecule has 0 aliphatic carbocycles. The van der Waals surface area contributed by atoms with Crippen LogP contribution in [0.3, 0.4) is 0 Å². The van der Waals surface area contributed by atoms with Crippen molar-refractivity contribution < 1.29 is 14.2 Å². The summed E-state index contributed by atoms with van der Waals surface area (Å²) in [5, 5.41) is 3.44. The Balaban J connectivity index is 1.47. The first-order chi connectivity index (χ1) is 8.84. The molecular formula is C14H27NO3. The van der Waals surface area contributed by atoms with Crippen LogP contribution in [0.5, 0.6) is 0 Å². The number of rotatable bonds is 7. The number of ether oxygens (including phenoxy) is 3. The molecule has 2 aliphatic rings. The van der Waals surface area contributed by atoms with Crippen LogP contribution in [0.1, 0.15) is 32.6 Å². The van der Waals surface area contributed by atoms with Crippen LogP contribution in [0.25, 0.3) is 0 Å². The molecule has 4 heteroatoms. The van der Waals surface area contributed by atoms with E-state index in [1.807, 2.05) is 0 Å². The van der Waals surface area contributed by atoms with Crippen molar-refractivity contribution in [3.8, 4) is 0 Å². The molecule has 0 bridgehead atoms. The zero-order valence-electron chi connectivity index (χ0n) is 11.5. The van der Waals surface area contributed by atoms with Crippen LogP contribution in [-0.4, -0.2) is 51.7 Å². The minimum absolute atomic E-state index is 0.286. The van der Waals surface area contributed by atoms with E-state index in [-0.39, 0.29) is 6.10 Å². The van der Waals surface area contributed by atoms with Crippen LogP contribution >= 0.6 is 0 Å². The molecule has 2 unspecified atom stereocenters. The molecule has 2 rings (SSSR count). The highest BCUT2D eigenvalue weighted by Gasteiger charge is 2.17. The summed E-state index contributed by atoms with van der Waals surface area (Å²) in [7, 11) is 0. The lowest BCUT2D eigenvalue weighted by Crippen LogP contribution is -2.34. The summed E-state index contributed by atoms with van der Waals surface area (Å²) in [6.07, 6.45) is 5.42. The molecule has 2 aliphatic heterocycles. The van der Waals surface area contributed by atoms with Crippen molar-refractivity contribution in [1.82, 2.24) is 5.32 Å². The summed E-state index contributed by atoms with van der Waals surface area (Å²) in [6, 6.07) is 0. The van der Waals surface area contributed by atoms with Crippen LogP contribution in [0.4, 0.5) is 0 Å². The van der Waals surface area contributed by atoms with E-state index in [1.165, 1.54) is 12.8 Å². The van der Waals surface area contributed by atoms with E-state index in [0.717, 1.165) is 52.4 Å². The first-order valence-corrected chi connectivity index (χ1v) is 7.36. The van der Waals surface area contributed by atoms with Crippen LogP contribution in [0.2, 0.25) is 0 Å². The fourth-order valence-corrected chi connectivity index (χ4v) is 2.53. The number of hydrogen-bond donors (Lipinski definition) is 1. The zero-order valence-corrected chi connectivity index (χ0v) is 11.5. The average molecular weight is 257 g/mol. The number of nitrogens with one attached hydrogen (secondary N) is 1. The topological polar surface area (TPSA) is 39.7 Å². The molecule has 0 spiro atoms. The van der Waals surface area contributed by atoms with Gasteiger partial charge in [0.15, 0.2) is 0 Å². The summed E-state index contributed by atoms with van der Waals surface area (Å²) < 4.78 is 16.8. The monoisotopic (exact) mass is 257 g/mol. The largest absolute Gasteiger partial charge is 0.381 e. The van der Waals surface area contributed by atoms with Gasteiger partial charge in [-0.1, -0.05) is 0 Å². The fourth-order valence-electron chi connectivity index (χ4n) is 2.53. The molecule has 2 fully saturated rings. The normalized spacial score (nSPS) is 27.5. The molecule has 2 saturated heterocycles. The lowest BCUT2D eigenvalue weighted by molar-refractivity contribution is -0.00524. The van der Waals surface area contributed by atoms with E-state index >= 15 is 0 Å². The van der Waals surface area contributed by atoms with Gasteiger partial charge in [0.25, 0.3) is 0 Å². The molecule has 106 valence electrons. The Morgan fingerprint density at radius 2 is 2.06 bits per heavy atom. The van der Waals surface area contributed by atoms with Gasteiger partial charge >= 0.3 is 0 Å². The van der Waals surface area contributed by atoms with Crippen molar-refractivity contribution in [2.24, 2.45) is 5.92 Å². The van der Waals surface area contributed by atoms with Gasteiger partial charge in [-0.2, -0.15) is 0 Å². The maximum absolute atomic E-state index is 5.89. The third-order valence-electron chi connectivity index (χ3n) is 3.79. The van der Waals surface area contributed by atoms with E-state index in [0.29, 0.717) is 12.0 Å². The van der Waals surface area contributed by atoms with Crippen molar-refractivity contribution in [3.05, 3.63) is 0 Å². The van der Waals surface area contributed by atoms with Crippen molar-refractivity contribution in [1.29, 1.82) is 0 Å². The summed E-state index contributed by atoms with van der Waals surface area (Å²) in [5.74, 6) is 0.694. The Morgan fingerprint density at radius 1 is 1.22 bits per heavy atom. The van der Waals surface area contributed by atoms with Gasteiger partial charge in [-0.25, -0.2) is 0 Å². The van der Waals surface area contributed by atoms with E-state index in [2.05, 4.69) is 12.2 Å². The SMILES string of the molecule is CC(CNCC1CCCO1)OCC1CCOCC1. The second kappa shape index (κ2) is 8.10. The summed E-state index contributed by atoms with van der Waals surface area (Å²) in [5.41, 5.74) is 0. The zero-order chi connectivity index (χ0) is 12.6. The first-order valence-electron chi connectivity index (χ1n) is 7.36. The molecule has 2 atom stereocenters. The minimum Gasteiger partial charge on any atom is -0.381 e. The van der Waals surface area contributed by atoms with Gasteiger partial charge in [-0.05, 0) is 38.5 Å². The highest BCUT2D eigenvalue weighted by molar-refractivity contribution is 4.69. The van der Waals surface area contributed by atoms with Gasteiger partial charge in [0, 0.05) is 39.5 Å². The number of hydrogen-bond acceptors (Lipinski definition) is 4. The lowest BCUT2D eigenvalue weighted by atomic mass is 10.0. The van der Waals surface area contributed by atoms with E-state index in [4.69, 9.17) is 14.2 Å². The Bertz CT molecular complexity index is 213. The molecule has 18 heavy (non-hydrogen) atoms. The smallest absolute Gasteiger partial charge is 0.0700 e. The Hall–Kier alpha value is -0.160. The van der Waals surface area contributed by atoms with Crippen LogP contribution < -0.4 is 5.32 Å². The fraction of sp³-hybridized carbons (Fsp3) is 1.00. The van der Waals surface area contributed by atoms with E-state index in [1.54, 1.807) is 0 Å². The highest BCUT2D eigenvalue weighted by atomic mass is 16.5. The maximum Gasteiger partial charge on any atom is 0.0700 e. The molecule has 0 amide bonds. The minimum atomic E-state index is 0.286. The van der Waals surface area contributed by atoms with Gasteiger partial charge in [0.1, 0.15) is 0 Å². The van der Waals surface area contributed by atoms with Gasteiger partial charge in [0.2, 0.25) is 0 Å². The third kappa shape index (κ3) is 5.22.